The molecule has 0 aliphatic heterocycles. The maximum atomic E-state index is 12.5. The Bertz CT molecular complexity index is 646. The number of rotatable bonds is 5. The predicted molar refractivity (Wildman–Crippen MR) is 83.1 cm³/mol. The number of anilines is 1. The highest BCUT2D eigenvalue weighted by molar-refractivity contribution is 7.99. The number of nitrogen functional groups attached to an aromatic ring is 1. The van der Waals surface area contributed by atoms with E-state index in [0.717, 1.165) is 25.3 Å². The third-order valence-corrected chi connectivity index (χ3v) is 6.30. The lowest BCUT2D eigenvalue weighted by Crippen LogP contribution is -2.39. The topological polar surface area (TPSA) is 109 Å². The van der Waals surface area contributed by atoms with Crippen LogP contribution in [0.15, 0.2) is 23.1 Å². The van der Waals surface area contributed by atoms with E-state index in [1.165, 1.54) is 12.1 Å². The van der Waals surface area contributed by atoms with Crippen molar-refractivity contribution in [2.75, 3.05) is 12.0 Å². The molecule has 0 amide bonds. The molecule has 0 bridgehead atoms. The Hall–Kier alpha value is -1.25. The Labute approximate surface area is 128 Å². The molecule has 1 aromatic carbocycles. The molecule has 116 valence electrons. The van der Waals surface area contributed by atoms with Crippen LogP contribution in [0.1, 0.15) is 29.6 Å². The molecular formula is C13H18N2O4S2. The average Bonchev–Trinajstić information content (AvgIpc) is 2.84. The van der Waals surface area contributed by atoms with E-state index < -0.39 is 16.0 Å². The van der Waals surface area contributed by atoms with Crippen molar-refractivity contribution >= 4 is 33.4 Å². The van der Waals surface area contributed by atoms with E-state index in [1.807, 2.05) is 6.26 Å². The van der Waals surface area contributed by atoms with Gasteiger partial charge in [0.15, 0.2) is 0 Å². The summed E-state index contributed by atoms with van der Waals surface area (Å²) in [5.41, 5.74) is 5.45. The number of benzene rings is 1. The molecule has 8 heteroatoms. The zero-order valence-corrected chi connectivity index (χ0v) is 13.2. The average molecular weight is 330 g/mol. The van der Waals surface area contributed by atoms with Crippen LogP contribution in [0.4, 0.5) is 5.69 Å². The standard InChI is InChI=1S/C13H18N2O4S2/c1-20-11-4-2-3-10(11)15-21(18,19)12-6-5-8(14)7-9(12)13(16)17/h5-7,10-11,15H,2-4,14H2,1H3,(H,16,17). The van der Waals surface area contributed by atoms with Gasteiger partial charge in [-0.1, -0.05) is 6.42 Å². The minimum Gasteiger partial charge on any atom is -0.478 e. The number of hydrogen-bond donors (Lipinski definition) is 3. The van der Waals surface area contributed by atoms with Crippen molar-refractivity contribution in [1.82, 2.24) is 4.72 Å². The summed E-state index contributed by atoms with van der Waals surface area (Å²) >= 11 is 1.63. The van der Waals surface area contributed by atoms with E-state index in [-0.39, 0.29) is 27.4 Å². The van der Waals surface area contributed by atoms with Gasteiger partial charge in [-0.3, -0.25) is 0 Å². The smallest absolute Gasteiger partial charge is 0.337 e. The van der Waals surface area contributed by atoms with Crippen LogP contribution in [0.2, 0.25) is 0 Å². The maximum Gasteiger partial charge on any atom is 0.337 e. The normalized spacial score (nSPS) is 22.3. The molecule has 1 aromatic rings. The van der Waals surface area contributed by atoms with Crippen molar-refractivity contribution in [2.24, 2.45) is 0 Å². The molecule has 1 fully saturated rings. The highest BCUT2D eigenvalue weighted by Gasteiger charge is 2.32. The molecule has 0 spiro atoms. The lowest BCUT2D eigenvalue weighted by molar-refractivity contribution is 0.0692. The highest BCUT2D eigenvalue weighted by Crippen LogP contribution is 2.30. The van der Waals surface area contributed by atoms with Crippen molar-refractivity contribution in [2.45, 2.75) is 35.4 Å². The largest absolute Gasteiger partial charge is 0.478 e. The molecule has 0 saturated heterocycles. The Balaban J connectivity index is 2.34. The lowest BCUT2D eigenvalue weighted by Gasteiger charge is -2.19. The van der Waals surface area contributed by atoms with Crippen LogP contribution < -0.4 is 10.5 Å². The fraction of sp³-hybridized carbons (Fsp3) is 0.462. The van der Waals surface area contributed by atoms with E-state index in [2.05, 4.69) is 4.72 Å². The van der Waals surface area contributed by atoms with Gasteiger partial charge in [-0.25, -0.2) is 17.9 Å². The molecule has 6 nitrogen and oxygen atoms in total. The third-order valence-electron chi connectivity index (χ3n) is 3.59. The van der Waals surface area contributed by atoms with Crippen LogP contribution in [0.3, 0.4) is 0 Å². The maximum absolute atomic E-state index is 12.5. The number of sulfonamides is 1. The van der Waals surface area contributed by atoms with Gasteiger partial charge in [0.1, 0.15) is 0 Å². The summed E-state index contributed by atoms with van der Waals surface area (Å²) in [7, 11) is -3.88. The zero-order chi connectivity index (χ0) is 15.6. The van der Waals surface area contributed by atoms with Gasteiger partial charge in [-0.2, -0.15) is 11.8 Å². The van der Waals surface area contributed by atoms with Gasteiger partial charge in [0.25, 0.3) is 0 Å². The molecule has 1 aliphatic rings. The Morgan fingerprint density at radius 3 is 2.76 bits per heavy atom. The van der Waals surface area contributed by atoms with Gasteiger partial charge in [-0.05, 0) is 37.3 Å². The number of carbonyl (C=O) groups is 1. The number of thioether (sulfide) groups is 1. The van der Waals surface area contributed by atoms with Crippen LogP contribution in [0.25, 0.3) is 0 Å². The first-order valence-corrected chi connectivity index (χ1v) is 9.30. The first-order valence-electron chi connectivity index (χ1n) is 6.53. The van der Waals surface area contributed by atoms with Gasteiger partial charge in [0, 0.05) is 17.0 Å². The molecule has 4 N–H and O–H groups in total. The highest BCUT2D eigenvalue weighted by atomic mass is 32.2. The van der Waals surface area contributed by atoms with Gasteiger partial charge in [0.2, 0.25) is 10.0 Å². The van der Waals surface area contributed by atoms with E-state index in [4.69, 9.17) is 10.8 Å². The van der Waals surface area contributed by atoms with Crippen LogP contribution in [0, 0.1) is 0 Å². The molecule has 2 unspecified atom stereocenters. The van der Waals surface area contributed by atoms with Gasteiger partial charge in [0.05, 0.1) is 10.5 Å². The van der Waals surface area contributed by atoms with E-state index in [9.17, 15) is 13.2 Å². The molecule has 1 saturated carbocycles. The monoisotopic (exact) mass is 330 g/mol. The molecule has 2 rings (SSSR count). The summed E-state index contributed by atoms with van der Waals surface area (Å²) in [6.45, 7) is 0. The molecule has 2 atom stereocenters. The van der Waals surface area contributed by atoms with Crippen LogP contribution >= 0.6 is 11.8 Å². The van der Waals surface area contributed by atoms with E-state index in [1.54, 1.807) is 11.8 Å². The Morgan fingerprint density at radius 2 is 2.14 bits per heavy atom. The number of carboxylic acid groups (broad SMARTS) is 1. The van der Waals surface area contributed by atoms with Crippen LogP contribution in [-0.4, -0.2) is 37.0 Å². The van der Waals surface area contributed by atoms with Gasteiger partial charge in [-0.15, -0.1) is 0 Å². The second-order valence-electron chi connectivity index (χ2n) is 4.99. The summed E-state index contributed by atoms with van der Waals surface area (Å²) in [6.07, 6.45) is 4.64. The number of nitrogens with one attached hydrogen (secondary N) is 1. The lowest BCUT2D eigenvalue weighted by atomic mass is 10.2. The third kappa shape index (κ3) is 3.50. The van der Waals surface area contributed by atoms with Crippen molar-refractivity contribution in [3.63, 3.8) is 0 Å². The second kappa shape index (κ2) is 6.25. The number of nitrogens with two attached hydrogens (primary N) is 1. The van der Waals surface area contributed by atoms with E-state index >= 15 is 0 Å². The van der Waals surface area contributed by atoms with Gasteiger partial charge < -0.3 is 10.8 Å². The number of carboxylic acids is 1. The minimum absolute atomic E-state index is 0.163. The van der Waals surface area contributed by atoms with Crippen molar-refractivity contribution in [3.8, 4) is 0 Å². The van der Waals surface area contributed by atoms with Crippen molar-refractivity contribution in [3.05, 3.63) is 23.8 Å². The summed E-state index contributed by atoms with van der Waals surface area (Å²) in [5, 5.41) is 9.38. The second-order valence-corrected chi connectivity index (χ2v) is 7.75. The summed E-state index contributed by atoms with van der Waals surface area (Å²) in [4.78, 5) is 11.0. The summed E-state index contributed by atoms with van der Waals surface area (Å²) in [6, 6.07) is 3.63. The molecule has 0 radical (unpaired) electrons. The molecule has 1 aliphatic carbocycles. The summed E-state index contributed by atoms with van der Waals surface area (Å²) in [5.74, 6) is -1.31. The summed E-state index contributed by atoms with van der Waals surface area (Å²) < 4.78 is 27.6. The first kappa shape index (κ1) is 16.1. The number of hydrogen-bond acceptors (Lipinski definition) is 5. The number of aromatic carboxylic acids is 1. The minimum atomic E-state index is -3.88. The molecule has 0 heterocycles. The van der Waals surface area contributed by atoms with Crippen molar-refractivity contribution < 1.29 is 18.3 Å². The van der Waals surface area contributed by atoms with Crippen LogP contribution in [0.5, 0.6) is 0 Å². The Kier molecular flexibility index (Phi) is 4.80. The SMILES string of the molecule is CSC1CCCC1NS(=O)(=O)c1ccc(N)cc1C(=O)O. The molecule has 21 heavy (non-hydrogen) atoms. The zero-order valence-electron chi connectivity index (χ0n) is 11.6. The van der Waals surface area contributed by atoms with Crippen LogP contribution in [-0.2, 0) is 10.0 Å². The quantitative estimate of drug-likeness (QED) is 0.706. The fourth-order valence-electron chi connectivity index (χ4n) is 2.55. The Morgan fingerprint density at radius 1 is 1.43 bits per heavy atom. The first-order chi connectivity index (χ1) is 9.85. The fourth-order valence-corrected chi connectivity index (χ4v) is 5.07. The van der Waals surface area contributed by atoms with E-state index in [0.29, 0.717) is 0 Å². The van der Waals surface area contributed by atoms with Gasteiger partial charge >= 0.3 is 5.97 Å². The predicted octanol–water partition coefficient (Wildman–Crippen LogP) is 1.53. The molecular weight excluding hydrogens is 312 g/mol. The molecule has 0 aromatic heterocycles. The van der Waals surface area contributed by atoms with Crippen molar-refractivity contribution in [1.29, 1.82) is 0 Å².